The second-order valence-corrected chi connectivity index (χ2v) is 16.5. The topological polar surface area (TPSA) is 78.9 Å². The minimum atomic E-state index is -0.758. The van der Waals surface area contributed by atoms with Gasteiger partial charge in [-0.15, -0.1) is 0 Å². The maximum atomic E-state index is 12.7. The SMILES string of the molecule is CCCCCCCCCCCCCC(=O)O[C@@H](COC(=O)CCCCCCCCCCCC)COC(=O)CCCCCCCCCCCCCC(C)C. The number of esters is 3. The molecule has 0 aromatic carbocycles. The van der Waals surface area contributed by atoms with Gasteiger partial charge in [0.05, 0.1) is 0 Å². The summed E-state index contributed by atoms with van der Waals surface area (Å²) < 4.78 is 16.7. The van der Waals surface area contributed by atoms with Gasteiger partial charge in [-0.2, -0.15) is 0 Å². The Kier molecular flexibility index (Phi) is 40.3. The molecule has 0 fully saturated rings. The highest BCUT2D eigenvalue weighted by molar-refractivity contribution is 5.71. The summed E-state index contributed by atoms with van der Waals surface area (Å²) >= 11 is 0. The Morgan fingerprint density at radius 2 is 0.623 bits per heavy atom. The van der Waals surface area contributed by atoms with Gasteiger partial charge in [0.25, 0.3) is 0 Å². The largest absolute Gasteiger partial charge is 0.462 e. The summed E-state index contributed by atoms with van der Waals surface area (Å²) in [5.74, 6) is -0.0269. The van der Waals surface area contributed by atoms with E-state index in [2.05, 4.69) is 27.7 Å². The van der Waals surface area contributed by atoms with Gasteiger partial charge in [0.15, 0.2) is 6.10 Å². The van der Waals surface area contributed by atoms with Gasteiger partial charge in [-0.3, -0.25) is 14.4 Å². The summed E-state index contributed by atoms with van der Waals surface area (Å²) in [6.07, 6.45) is 40.8. The monoisotopic (exact) mass is 751 g/mol. The maximum absolute atomic E-state index is 12.7. The lowest BCUT2D eigenvalue weighted by Gasteiger charge is -2.18. The molecule has 6 nitrogen and oxygen atoms in total. The van der Waals surface area contributed by atoms with Gasteiger partial charge in [-0.05, 0) is 25.2 Å². The molecule has 0 spiro atoms. The molecule has 0 saturated heterocycles. The lowest BCUT2D eigenvalue weighted by molar-refractivity contribution is -0.167. The van der Waals surface area contributed by atoms with E-state index in [0.717, 1.165) is 63.7 Å². The van der Waals surface area contributed by atoms with E-state index in [1.165, 1.54) is 154 Å². The van der Waals surface area contributed by atoms with E-state index in [4.69, 9.17) is 14.2 Å². The van der Waals surface area contributed by atoms with Crippen molar-refractivity contribution in [2.45, 2.75) is 265 Å². The molecule has 0 N–H and O–H groups in total. The van der Waals surface area contributed by atoms with Crippen molar-refractivity contribution in [1.29, 1.82) is 0 Å². The van der Waals surface area contributed by atoms with Crippen molar-refractivity contribution in [2.75, 3.05) is 13.2 Å². The Morgan fingerprint density at radius 1 is 0.358 bits per heavy atom. The molecule has 0 unspecified atom stereocenters. The van der Waals surface area contributed by atoms with Gasteiger partial charge in [-0.25, -0.2) is 0 Å². The fourth-order valence-electron chi connectivity index (χ4n) is 6.98. The third-order valence-electron chi connectivity index (χ3n) is 10.5. The van der Waals surface area contributed by atoms with Crippen LogP contribution in [0.25, 0.3) is 0 Å². The fourth-order valence-corrected chi connectivity index (χ4v) is 6.98. The number of hydrogen-bond acceptors (Lipinski definition) is 6. The fraction of sp³-hybridized carbons (Fsp3) is 0.936. The van der Waals surface area contributed by atoms with Crippen molar-refractivity contribution >= 4 is 17.9 Å². The van der Waals surface area contributed by atoms with E-state index in [-0.39, 0.29) is 31.1 Å². The van der Waals surface area contributed by atoms with E-state index in [1.807, 2.05) is 0 Å². The zero-order valence-electron chi connectivity index (χ0n) is 36.0. The number of unbranched alkanes of at least 4 members (excludes halogenated alkanes) is 29. The quantitative estimate of drug-likeness (QED) is 0.0351. The molecule has 0 rings (SSSR count). The summed E-state index contributed by atoms with van der Waals surface area (Å²) in [6, 6.07) is 0. The molecular formula is C47H90O6. The summed E-state index contributed by atoms with van der Waals surface area (Å²) in [7, 11) is 0. The third kappa shape index (κ3) is 41.4. The number of carbonyl (C=O) groups excluding carboxylic acids is 3. The molecule has 6 heteroatoms. The Labute approximate surface area is 329 Å². The van der Waals surface area contributed by atoms with E-state index < -0.39 is 6.10 Å². The smallest absolute Gasteiger partial charge is 0.306 e. The van der Waals surface area contributed by atoms with E-state index in [0.29, 0.717) is 19.3 Å². The number of ether oxygens (including phenoxy) is 3. The van der Waals surface area contributed by atoms with Crippen LogP contribution in [0.15, 0.2) is 0 Å². The third-order valence-corrected chi connectivity index (χ3v) is 10.5. The predicted molar refractivity (Wildman–Crippen MR) is 224 cm³/mol. The van der Waals surface area contributed by atoms with Crippen LogP contribution >= 0.6 is 0 Å². The van der Waals surface area contributed by atoms with Crippen molar-refractivity contribution in [3.8, 4) is 0 Å². The molecule has 0 aliphatic carbocycles. The summed E-state index contributed by atoms with van der Waals surface area (Å²) in [5, 5.41) is 0. The molecule has 53 heavy (non-hydrogen) atoms. The predicted octanol–water partition coefficient (Wildman–Crippen LogP) is 14.7. The van der Waals surface area contributed by atoms with Crippen molar-refractivity contribution in [3.05, 3.63) is 0 Å². The number of rotatable bonds is 42. The second kappa shape index (κ2) is 41.6. The van der Waals surface area contributed by atoms with E-state index in [9.17, 15) is 14.4 Å². The first-order valence-electron chi connectivity index (χ1n) is 23.4. The zero-order chi connectivity index (χ0) is 38.9. The minimum Gasteiger partial charge on any atom is -0.462 e. The van der Waals surface area contributed by atoms with Gasteiger partial charge in [0, 0.05) is 19.3 Å². The molecular weight excluding hydrogens is 661 g/mol. The highest BCUT2D eigenvalue weighted by Crippen LogP contribution is 2.16. The van der Waals surface area contributed by atoms with Gasteiger partial charge in [0.1, 0.15) is 13.2 Å². The zero-order valence-corrected chi connectivity index (χ0v) is 36.0. The molecule has 314 valence electrons. The molecule has 0 radical (unpaired) electrons. The summed E-state index contributed by atoms with van der Waals surface area (Å²) in [6.45, 7) is 8.98. The molecule has 1 atom stereocenters. The van der Waals surface area contributed by atoms with Crippen LogP contribution < -0.4 is 0 Å². The van der Waals surface area contributed by atoms with Crippen LogP contribution in [-0.4, -0.2) is 37.2 Å². The standard InChI is InChI=1S/C47H90O6/c1-5-7-9-11-13-15-18-24-28-32-36-40-47(50)53-44(41-51-45(48)38-34-30-26-22-16-14-12-10-8-6-2)42-52-46(49)39-35-31-27-23-20-17-19-21-25-29-33-37-43(3)4/h43-44H,5-42H2,1-4H3/t44-/m0/s1. The van der Waals surface area contributed by atoms with E-state index in [1.54, 1.807) is 0 Å². The highest BCUT2D eigenvalue weighted by atomic mass is 16.6. The number of carbonyl (C=O) groups is 3. The lowest BCUT2D eigenvalue weighted by atomic mass is 10.0. The van der Waals surface area contributed by atoms with Crippen LogP contribution in [0.2, 0.25) is 0 Å². The van der Waals surface area contributed by atoms with E-state index >= 15 is 0 Å². The average molecular weight is 751 g/mol. The molecule has 0 aliphatic rings. The first-order chi connectivity index (χ1) is 25.9. The van der Waals surface area contributed by atoms with Crippen LogP contribution in [0.5, 0.6) is 0 Å². The molecule has 0 aliphatic heterocycles. The van der Waals surface area contributed by atoms with Gasteiger partial charge >= 0.3 is 17.9 Å². The Morgan fingerprint density at radius 3 is 0.925 bits per heavy atom. The average Bonchev–Trinajstić information content (AvgIpc) is 3.14. The Hall–Kier alpha value is -1.59. The normalized spacial score (nSPS) is 11.9. The maximum Gasteiger partial charge on any atom is 0.306 e. The minimum absolute atomic E-state index is 0.0637. The van der Waals surface area contributed by atoms with Crippen molar-refractivity contribution in [1.82, 2.24) is 0 Å². The first-order valence-corrected chi connectivity index (χ1v) is 23.4. The van der Waals surface area contributed by atoms with Gasteiger partial charge < -0.3 is 14.2 Å². The summed E-state index contributed by atoms with van der Waals surface area (Å²) in [4.78, 5) is 37.7. The first kappa shape index (κ1) is 51.4. The van der Waals surface area contributed by atoms with Gasteiger partial charge in [0.2, 0.25) is 0 Å². The van der Waals surface area contributed by atoms with Crippen LogP contribution in [-0.2, 0) is 28.6 Å². The Bertz CT molecular complexity index is 796. The van der Waals surface area contributed by atoms with Crippen LogP contribution in [0.3, 0.4) is 0 Å². The van der Waals surface area contributed by atoms with Crippen LogP contribution in [0.4, 0.5) is 0 Å². The summed E-state index contributed by atoms with van der Waals surface area (Å²) in [5.41, 5.74) is 0. The Balaban J connectivity index is 4.30. The highest BCUT2D eigenvalue weighted by Gasteiger charge is 2.19. The molecule has 0 saturated carbocycles. The molecule has 0 bridgehead atoms. The van der Waals surface area contributed by atoms with Crippen LogP contribution in [0, 0.1) is 5.92 Å². The van der Waals surface area contributed by atoms with Crippen molar-refractivity contribution in [3.63, 3.8) is 0 Å². The molecule has 0 aromatic rings. The molecule has 0 amide bonds. The second-order valence-electron chi connectivity index (χ2n) is 16.5. The van der Waals surface area contributed by atoms with Crippen molar-refractivity contribution in [2.24, 2.45) is 5.92 Å². The number of hydrogen-bond donors (Lipinski definition) is 0. The molecule has 0 heterocycles. The van der Waals surface area contributed by atoms with Gasteiger partial charge in [-0.1, -0.05) is 220 Å². The van der Waals surface area contributed by atoms with Crippen molar-refractivity contribution < 1.29 is 28.6 Å². The lowest BCUT2D eigenvalue weighted by Crippen LogP contribution is -2.30. The molecule has 0 aromatic heterocycles. The van der Waals surface area contributed by atoms with Crippen LogP contribution in [0.1, 0.15) is 259 Å².